The number of anilines is 1. The van der Waals surface area contributed by atoms with Gasteiger partial charge < -0.3 is 5.32 Å². The van der Waals surface area contributed by atoms with Crippen molar-refractivity contribution in [3.63, 3.8) is 0 Å². The molecule has 0 aliphatic heterocycles. The maximum Gasteiger partial charge on any atom is 0.257 e. The second kappa shape index (κ2) is 5.03. The van der Waals surface area contributed by atoms with Gasteiger partial charge in [-0.2, -0.15) is 0 Å². The number of carbonyl (C=O) groups excluding carboxylic acids is 2. The molecule has 0 aliphatic rings. The van der Waals surface area contributed by atoms with Crippen LogP contribution in [-0.2, 0) is 0 Å². The van der Waals surface area contributed by atoms with Crippen molar-refractivity contribution in [2.24, 2.45) is 0 Å². The maximum atomic E-state index is 11.7. The second-order valence-corrected chi connectivity index (χ2v) is 3.44. The second-order valence-electron chi connectivity index (χ2n) is 3.44. The normalized spacial score (nSPS) is 9.65. The van der Waals surface area contributed by atoms with E-state index in [0.29, 0.717) is 16.8 Å². The first kappa shape index (κ1) is 11.0. The van der Waals surface area contributed by atoms with Crippen molar-refractivity contribution in [3.8, 4) is 0 Å². The van der Waals surface area contributed by atoms with Crippen molar-refractivity contribution >= 4 is 17.9 Å². The summed E-state index contributed by atoms with van der Waals surface area (Å²) in [7, 11) is 0. The summed E-state index contributed by atoms with van der Waals surface area (Å²) < 4.78 is 0. The van der Waals surface area contributed by atoms with Crippen LogP contribution in [0.1, 0.15) is 20.7 Å². The van der Waals surface area contributed by atoms with Crippen LogP contribution < -0.4 is 5.32 Å². The molecular formula is C13H10N2O2. The van der Waals surface area contributed by atoms with Crippen LogP contribution in [0.25, 0.3) is 0 Å². The first-order valence-electron chi connectivity index (χ1n) is 5.06. The Morgan fingerprint density at radius 3 is 2.53 bits per heavy atom. The highest BCUT2D eigenvalue weighted by Crippen LogP contribution is 2.09. The largest absolute Gasteiger partial charge is 0.322 e. The molecule has 0 spiro atoms. The van der Waals surface area contributed by atoms with Gasteiger partial charge in [0.2, 0.25) is 0 Å². The molecule has 1 heterocycles. The Balaban J connectivity index is 2.10. The average Bonchev–Trinajstić information content (AvgIpc) is 2.40. The van der Waals surface area contributed by atoms with E-state index in [2.05, 4.69) is 10.3 Å². The van der Waals surface area contributed by atoms with E-state index >= 15 is 0 Å². The molecule has 84 valence electrons. The van der Waals surface area contributed by atoms with Gasteiger partial charge in [-0.3, -0.25) is 14.6 Å². The fourth-order valence-electron chi connectivity index (χ4n) is 1.35. The first-order valence-corrected chi connectivity index (χ1v) is 5.06. The first-order chi connectivity index (χ1) is 8.29. The number of pyridine rings is 1. The number of aromatic nitrogens is 1. The van der Waals surface area contributed by atoms with Crippen LogP contribution in [0.15, 0.2) is 48.8 Å². The van der Waals surface area contributed by atoms with Crippen molar-refractivity contribution in [3.05, 3.63) is 59.9 Å². The van der Waals surface area contributed by atoms with Gasteiger partial charge >= 0.3 is 0 Å². The Hall–Kier alpha value is -2.49. The smallest absolute Gasteiger partial charge is 0.257 e. The minimum atomic E-state index is -0.225. The number of nitrogens with zero attached hydrogens (tertiary/aromatic N) is 1. The Morgan fingerprint density at radius 2 is 1.94 bits per heavy atom. The molecule has 0 saturated carbocycles. The van der Waals surface area contributed by atoms with E-state index in [1.165, 1.54) is 6.20 Å². The van der Waals surface area contributed by atoms with Gasteiger partial charge in [-0.1, -0.05) is 0 Å². The standard InChI is InChI=1S/C13H10N2O2/c16-9-10-3-5-12(6-4-10)15-13(17)11-2-1-7-14-8-11/h1-9H,(H,15,17). The number of amides is 1. The van der Waals surface area contributed by atoms with Crippen LogP contribution in [0, 0.1) is 0 Å². The fourth-order valence-corrected chi connectivity index (χ4v) is 1.35. The van der Waals surface area contributed by atoms with Crippen molar-refractivity contribution in [2.45, 2.75) is 0 Å². The number of hydrogen-bond donors (Lipinski definition) is 1. The van der Waals surface area contributed by atoms with E-state index in [1.807, 2.05) is 0 Å². The van der Waals surface area contributed by atoms with Crippen LogP contribution in [0.3, 0.4) is 0 Å². The van der Waals surface area contributed by atoms with Gasteiger partial charge in [-0.15, -0.1) is 0 Å². The molecule has 0 atom stereocenters. The van der Waals surface area contributed by atoms with Crippen LogP contribution in [0.2, 0.25) is 0 Å². The molecule has 0 aliphatic carbocycles. The molecule has 17 heavy (non-hydrogen) atoms. The number of nitrogens with one attached hydrogen (secondary N) is 1. The molecule has 0 bridgehead atoms. The maximum absolute atomic E-state index is 11.7. The molecule has 0 fully saturated rings. The predicted molar refractivity (Wildman–Crippen MR) is 64.0 cm³/mol. The van der Waals surface area contributed by atoms with Crippen molar-refractivity contribution < 1.29 is 9.59 Å². The predicted octanol–water partition coefficient (Wildman–Crippen LogP) is 2.15. The van der Waals surface area contributed by atoms with Crippen LogP contribution >= 0.6 is 0 Å². The van der Waals surface area contributed by atoms with Gasteiger partial charge in [0, 0.05) is 23.6 Å². The summed E-state index contributed by atoms with van der Waals surface area (Å²) in [6.45, 7) is 0. The Bertz CT molecular complexity index is 521. The number of rotatable bonds is 3. The number of carbonyl (C=O) groups is 2. The molecule has 1 amide bonds. The van der Waals surface area contributed by atoms with Crippen molar-refractivity contribution in [2.75, 3.05) is 5.32 Å². The Morgan fingerprint density at radius 1 is 1.18 bits per heavy atom. The molecular weight excluding hydrogens is 216 g/mol. The molecule has 0 radical (unpaired) electrons. The molecule has 4 nitrogen and oxygen atoms in total. The molecule has 1 aromatic carbocycles. The Labute approximate surface area is 98.3 Å². The molecule has 1 N–H and O–H groups in total. The van der Waals surface area contributed by atoms with Crippen LogP contribution in [0.4, 0.5) is 5.69 Å². The van der Waals surface area contributed by atoms with Crippen LogP contribution in [-0.4, -0.2) is 17.2 Å². The van der Waals surface area contributed by atoms with Gasteiger partial charge in [0.1, 0.15) is 6.29 Å². The molecule has 2 aromatic rings. The molecule has 1 aromatic heterocycles. The minimum Gasteiger partial charge on any atom is -0.322 e. The number of hydrogen-bond acceptors (Lipinski definition) is 3. The van der Waals surface area contributed by atoms with Gasteiger partial charge in [-0.25, -0.2) is 0 Å². The van der Waals surface area contributed by atoms with Gasteiger partial charge in [-0.05, 0) is 36.4 Å². The van der Waals surface area contributed by atoms with Gasteiger partial charge in [0.05, 0.1) is 5.56 Å². The topological polar surface area (TPSA) is 59.1 Å². The lowest BCUT2D eigenvalue weighted by atomic mass is 10.2. The Kier molecular flexibility index (Phi) is 3.25. The SMILES string of the molecule is O=Cc1ccc(NC(=O)c2cccnc2)cc1. The lowest BCUT2D eigenvalue weighted by Crippen LogP contribution is -2.11. The molecule has 2 rings (SSSR count). The zero-order valence-corrected chi connectivity index (χ0v) is 8.96. The minimum absolute atomic E-state index is 0.225. The molecule has 0 unspecified atom stereocenters. The van der Waals surface area contributed by atoms with Crippen molar-refractivity contribution in [1.29, 1.82) is 0 Å². The van der Waals surface area contributed by atoms with E-state index < -0.39 is 0 Å². The quantitative estimate of drug-likeness (QED) is 0.816. The average molecular weight is 226 g/mol. The molecule has 0 saturated heterocycles. The van der Waals surface area contributed by atoms with E-state index in [4.69, 9.17) is 0 Å². The van der Waals surface area contributed by atoms with E-state index in [9.17, 15) is 9.59 Å². The lowest BCUT2D eigenvalue weighted by Gasteiger charge is -2.04. The lowest BCUT2D eigenvalue weighted by molar-refractivity contribution is 0.102. The third-order valence-electron chi connectivity index (χ3n) is 2.23. The third kappa shape index (κ3) is 2.75. The summed E-state index contributed by atoms with van der Waals surface area (Å²) >= 11 is 0. The van der Waals surface area contributed by atoms with E-state index in [1.54, 1.807) is 42.6 Å². The van der Waals surface area contributed by atoms with Gasteiger partial charge in [0.25, 0.3) is 5.91 Å². The highest BCUT2D eigenvalue weighted by molar-refractivity contribution is 6.04. The summed E-state index contributed by atoms with van der Waals surface area (Å²) in [4.78, 5) is 26.1. The molecule has 4 heteroatoms. The summed E-state index contributed by atoms with van der Waals surface area (Å²) in [5.74, 6) is -0.225. The number of benzene rings is 1. The van der Waals surface area contributed by atoms with Gasteiger partial charge in [0.15, 0.2) is 0 Å². The zero-order valence-electron chi connectivity index (χ0n) is 8.96. The third-order valence-corrected chi connectivity index (χ3v) is 2.23. The highest BCUT2D eigenvalue weighted by Gasteiger charge is 2.05. The summed E-state index contributed by atoms with van der Waals surface area (Å²) in [6.07, 6.45) is 3.86. The number of aldehydes is 1. The zero-order chi connectivity index (χ0) is 12.1. The summed E-state index contributed by atoms with van der Waals surface area (Å²) in [5.41, 5.74) is 1.71. The van der Waals surface area contributed by atoms with Crippen molar-refractivity contribution in [1.82, 2.24) is 4.98 Å². The summed E-state index contributed by atoms with van der Waals surface area (Å²) in [5, 5.41) is 2.71. The van der Waals surface area contributed by atoms with Crippen LogP contribution in [0.5, 0.6) is 0 Å². The highest BCUT2D eigenvalue weighted by atomic mass is 16.1. The van der Waals surface area contributed by atoms with E-state index in [-0.39, 0.29) is 5.91 Å². The monoisotopic (exact) mass is 226 g/mol. The summed E-state index contributed by atoms with van der Waals surface area (Å²) in [6, 6.07) is 10.0. The van der Waals surface area contributed by atoms with E-state index in [0.717, 1.165) is 6.29 Å². The fraction of sp³-hybridized carbons (Fsp3) is 0.